The Labute approximate surface area is 157 Å². The van der Waals surface area contributed by atoms with Gasteiger partial charge in [0.05, 0.1) is 5.92 Å². The van der Waals surface area contributed by atoms with Gasteiger partial charge in [0, 0.05) is 35.9 Å². The van der Waals surface area contributed by atoms with Crippen LogP contribution in [-0.2, 0) is 9.59 Å². The maximum atomic E-state index is 13.5. The lowest BCUT2D eigenvalue weighted by Crippen LogP contribution is -2.41. The molecule has 2 aromatic carbocycles. The van der Waals surface area contributed by atoms with E-state index in [1.807, 2.05) is 44.3 Å². The maximum Gasteiger partial charge on any atom is 0.144 e. The molecule has 1 aliphatic carbocycles. The summed E-state index contributed by atoms with van der Waals surface area (Å²) in [6.45, 7) is 3.91. The van der Waals surface area contributed by atoms with Crippen molar-refractivity contribution in [3.63, 3.8) is 0 Å². The Balaban J connectivity index is 1.88. The molecule has 0 bridgehead atoms. The average molecular weight is 363 g/mol. The zero-order chi connectivity index (χ0) is 19.2. The first-order valence-electron chi connectivity index (χ1n) is 9.23. The molecule has 1 aromatic heterocycles. The molecule has 1 N–H and O–H groups in total. The van der Waals surface area contributed by atoms with Crippen molar-refractivity contribution in [1.29, 1.82) is 0 Å². The molecular formula is C23H22FNO2. The number of rotatable bonds is 3. The fourth-order valence-corrected chi connectivity index (χ4v) is 4.35. The van der Waals surface area contributed by atoms with Crippen LogP contribution in [0.25, 0.3) is 10.9 Å². The number of aromatic nitrogens is 1. The second kappa shape index (κ2) is 6.45. The number of aromatic amines is 1. The van der Waals surface area contributed by atoms with Crippen molar-refractivity contribution >= 4 is 22.5 Å². The molecule has 0 saturated heterocycles. The zero-order valence-corrected chi connectivity index (χ0v) is 15.5. The molecule has 1 aliphatic rings. The van der Waals surface area contributed by atoms with Crippen molar-refractivity contribution in [3.8, 4) is 0 Å². The van der Waals surface area contributed by atoms with Crippen LogP contribution in [-0.4, -0.2) is 16.6 Å². The first-order chi connectivity index (χ1) is 12.9. The number of benzene rings is 2. The molecule has 0 spiro atoms. The number of H-pyrrole nitrogens is 1. The normalized spacial score (nSPS) is 18.8. The van der Waals surface area contributed by atoms with Crippen LogP contribution >= 0.6 is 0 Å². The molecule has 0 amide bonds. The number of hydrogen-bond donors (Lipinski definition) is 1. The molecule has 1 atom stereocenters. The predicted octanol–water partition coefficient (Wildman–Crippen LogP) is 5.01. The minimum atomic E-state index is -0.734. The minimum Gasteiger partial charge on any atom is -0.361 e. The highest BCUT2D eigenvalue weighted by atomic mass is 19.1. The molecule has 27 heavy (non-hydrogen) atoms. The van der Waals surface area contributed by atoms with Crippen LogP contribution in [0.1, 0.15) is 43.7 Å². The second-order valence-electron chi connectivity index (χ2n) is 8.25. The predicted molar refractivity (Wildman–Crippen MR) is 103 cm³/mol. The van der Waals surface area contributed by atoms with Gasteiger partial charge < -0.3 is 4.98 Å². The third-order valence-electron chi connectivity index (χ3n) is 5.52. The number of nitrogens with one attached hydrogen (secondary N) is 1. The summed E-state index contributed by atoms with van der Waals surface area (Å²) in [7, 11) is 0. The number of para-hydroxylation sites is 1. The van der Waals surface area contributed by atoms with Crippen molar-refractivity contribution in [2.45, 2.75) is 32.6 Å². The van der Waals surface area contributed by atoms with Crippen LogP contribution in [0.3, 0.4) is 0 Å². The highest BCUT2D eigenvalue weighted by Gasteiger charge is 2.44. The van der Waals surface area contributed by atoms with Crippen molar-refractivity contribution < 1.29 is 14.0 Å². The van der Waals surface area contributed by atoms with Gasteiger partial charge in [0.2, 0.25) is 0 Å². The number of carbonyl (C=O) groups excluding carboxylic acids is 2. The van der Waals surface area contributed by atoms with E-state index in [2.05, 4.69) is 4.98 Å². The number of halogens is 1. The fraction of sp³-hybridized carbons (Fsp3) is 0.304. The van der Waals surface area contributed by atoms with E-state index < -0.39 is 11.8 Å². The summed E-state index contributed by atoms with van der Waals surface area (Å²) in [6, 6.07) is 14.0. The highest BCUT2D eigenvalue weighted by Crippen LogP contribution is 2.44. The highest BCUT2D eigenvalue weighted by molar-refractivity contribution is 6.07. The molecule has 0 radical (unpaired) electrons. The standard InChI is InChI=1S/C23H22FNO2/c1-23(2)11-19(26)22(20(27)12-23)21(14-7-9-15(24)10-8-14)17-13-25-18-6-4-3-5-16(17)18/h3-10,13,21-22,25H,11-12H2,1-2H3. The van der Waals surface area contributed by atoms with E-state index in [4.69, 9.17) is 0 Å². The number of fused-ring (bicyclic) bond motifs is 1. The van der Waals surface area contributed by atoms with E-state index in [1.54, 1.807) is 12.1 Å². The summed E-state index contributed by atoms with van der Waals surface area (Å²) in [5, 5.41) is 0.984. The van der Waals surface area contributed by atoms with Crippen LogP contribution in [0.2, 0.25) is 0 Å². The smallest absolute Gasteiger partial charge is 0.144 e. The van der Waals surface area contributed by atoms with Gasteiger partial charge in [-0.25, -0.2) is 4.39 Å². The SMILES string of the molecule is CC1(C)CC(=O)C(C(c2ccc(F)cc2)c2c[nH]c3ccccc23)C(=O)C1. The average Bonchev–Trinajstić information content (AvgIpc) is 3.02. The molecule has 1 unspecified atom stereocenters. The van der Waals surface area contributed by atoms with E-state index in [0.717, 1.165) is 22.0 Å². The minimum absolute atomic E-state index is 0.0316. The number of Topliss-reactive ketones (excluding diaryl/α,β-unsaturated/α-hetero) is 2. The van der Waals surface area contributed by atoms with Gasteiger partial charge in [-0.15, -0.1) is 0 Å². The number of hydrogen-bond acceptors (Lipinski definition) is 2. The molecule has 1 saturated carbocycles. The van der Waals surface area contributed by atoms with Gasteiger partial charge in [-0.2, -0.15) is 0 Å². The zero-order valence-electron chi connectivity index (χ0n) is 15.5. The summed E-state index contributed by atoms with van der Waals surface area (Å²) in [6.07, 6.45) is 2.63. The number of carbonyl (C=O) groups is 2. The van der Waals surface area contributed by atoms with Crippen molar-refractivity contribution in [1.82, 2.24) is 4.98 Å². The monoisotopic (exact) mass is 363 g/mol. The topological polar surface area (TPSA) is 49.9 Å². The van der Waals surface area contributed by atoms with E-state index in [9.17, 15) is 14.0 Å². The Morgan fingerprint density at radius 3 is 2.30 bits per heavy atom. The van der Waals surface area contributed by atoms with Gasteiger partial charge in [-0.1, -0.05) is 44.2 Å². The summed E-state index contributed by atoms with van der Waals surface area (Å²) >= 11 is 0. The lowest BCUT2D eigenvalue weighted by atomic mass is 9.65. The molecule has 1 fully saturated rings. The van der Waals surface area contributed by atoms with Gasteiger partial charge >= 0.3 is 0 Å². The quantitative estimate of drug-likeness (QED) is 0.665. The van der Waals surface area contributed by atoms with Gasteiger partial charge in [0.15, 0.2) is 0 Å². The van der Waals surface area contributed by atoms with Crippen molar-refractivity contribution in [3.05, 3.63) is 71.7 Å². The maximum absolute atomic E-state index is 13.5. The molecule has 1 heterocycles. The van der Waals surface area contributed by atoms with Crippen LogP contribution in [0.5, 0.6) is 0 Å². The Morgan fingerprint density at radius 1 is 1.00 bits per heavy atom. The van der Waals surface area contributed by atoms with Crippen molar-refractivity contribution in [2.75, 3.05) is 0 Å². The Kier molecular flexibility index (Phi) is 4.22. The van der Waals surface area contributed by atoms with E-state index in [0.29, 0.717) is 12.8 Å². The summed E-state index contributed by atoms with van der Waals surface area (Å²) < 4.78 is 13.5. The lowest BCUT2D eigenvalue weighted by molar-refractivity contribution is -0.140. The Hall–Kier alpha value is -2.75. The third-order valence-corrected chi connectivity index (χ3v) is 5.52. The molecule has 4 rings (SSSR count). The van der Waals surface area contributed by atoms with Crippen molar-refractivity contribution in [2.24, 2.45) is 11.3 Å². The van der Waals surface area contributed by atoms with Gasteiger partial charge in [-0.3, -0.25) is 9.59 Å². The second-order valence-corrected chi connectivity index (χ2v) is 8.25. The van der Waals surface area contributed by atoms with Gasteiger partial charge in [-0.05, 0) is 34.7 Å². The largest absolute Gasteiger partial charge is 0.361 e. The molecule has 138 valence electrons. The van der Waals surface area contributed by atoms with E-state index in [1.165, 1.54) is 12.1 Å². The summed E-state index contributed by atoms with van der Waals surface area (Å²) in [5.74, 6) is -1.55. The molecular weight excluding hydrogens is 341 g/mol. The Morgan fingerprint density at radius 2 is 1.63 bits per heavy atom. The van der Waals surface area contributed by atoms with Gasteiger partial charge in [0.25, 0.3) is 0 Å². The fourth-order valence-electron chi connectivity index (χ4n) is 4.35. The molecule has 0 aliphatic heterocycles. The summed E-state index contributed by atoms with van der Waals surface area (Å²) in [5.41, 5.74) is 2.34. The van der Waals surface area contributed by atoms with Crippen LogP contribution in [0.15, 0.2) is 54.7 Å². The van der Waals surface area contributed by atoms with E-state index >= 15 is 0 Å². The molecule has 3 aromatic rings. The molecule has 4 heteroatoms. The van der Waals surface area contributed by atoms with Crippen LogP contribution in [0, 0.1) is 17.2 Å². The first kappa shape index (κ1) is 17.7. The lowest BCUT2D eigenvalue weighted by Gasteiger charge is -2.36. The van der Waals surface area contributed by atoms with Gasteiger partial charge in [0.1, 0.15) is 17.4 Å². The van der Waals surface area contributed by atoms with Crippen LogP contribution < -0.4 is 0 Å². The number of ketones is 2. The molecule has 3 nitrogen and oxygen atoms in total. The Bertz CT molecular complexity index is 996. The van der Waals surface area contributed by atoms with Crippen LogP contribution in [0.4, 0.5) is 4.39 Å². The third kappa shape index (κ3) is 3.20. The van der Waals surface area contributed by atoms with E-state index in [-0.39, 0.29) is 22.8 Å². The first-order valence-corrected chi connectivity index (χ1v) is 9.23. The summed E-state index contributed by atoms with van der Waals surface area (Å²) in [4.78, 5) is 29.3.